The molecule has 2 heteroatoms. The van der Waals surface area contributed by atoms with Gasteiger partial charge >= 0.3 is 0 Å². The van der Waals surface area contributed by atoms with Gasteiger partial charge in [0.15, 0.2) is 0 Å². The van der Waals surface area contributed by atoms with Crippen molar-refractivity contribution in [3.63, 3.8) is 0 Å². The highest BCUT2D eigenvalue weighted by atomic mass is 35.5. The first-order valence-electron chi connectivity index (χ1n) is 6.17. The van der Waals surface area contributed by atoms with Crippen molar-refractivity contribution >= 4 is 11.6 Å². The summed E-state index contributed by atoms with van der Waals surface area (Å²) in [6, 6.07) is 16.7. The molecule has 0 heterocycles. The molecule has 94 valence electrons. The minimum atomic E-state index is -0.215. The van der Waals surface area contributed by atoms with E-state index in [1.165, 1.54) is 17.7 Å². The summed E-state index contributed by atoms with van der Waals surface area (Å²) >= 11 is 6.45. The van der Waals surface area contributed by atoms with E-state index in [9.17, 15) is 4.39 Å². The molecule has 2 aromatic carbocycles. The van der Waals surface area contributed by atoms with Crippen LogP contribution in [-0.2, 0) is 0 Å². The largest absolute Gasteiger partial charge is 0.207 e. The van der Waals surface area contributed by atoms with Crippen molar-refractivity contribution in [2.24, 2.45) is 0 Å². The van der Waals surface area contributed by atoms with Gasteiger partial charge in [-0.3, -0.25) is 0 Å². The van der Waals surface area contributed by atoms with Crippen molar-refractivity contribution in [2.45, 2.75) is 24.6 Å². The van der Waals surface area contributed by atoms with Crippen LogP contribution in [0.5, 0.6) is 0 Å². The van der Waals surface area contributed by atoms with Gasteiger partial charge in [0.25, 0.3) is 0 Å². The SMILES string of the molecule is CCC(Cl)C(c1ccccc1)c1ccc(F)cc1. The maximum absolute atomic E-state index is 13.0. The van der Waals surface area contributed by atoms with Crippen LogP contribution in [0.1, 0.15) is 30.4 Å². The van der Waals surface area contributed by atoms with Gasteiger partial charge in [-0.15, -0.1) is 11.6 Å². The van der Waals surface area contributed by atoms with Crippen LogP contribution in [0, 0.1) is 5.82 Å². The van der Waals surface area contributed by atoms with E-state index in [2.05, 4.69) is 19.1 Å². The van der Waals surface area contributed by atoms with Crippen LogP contribution in [0.3, 0.4) is 0 Å². The molecular formula is C16H16ClF. The smallest absolute Gasteiger partial charge is 0.123 e. The number of hydrogen-bond acceptors (Lipinski definition) is 0. The lowest BCUT2D eigenvalue weighted by Gasteiger charge is -2.22. The van der Waals surface area contributed by atoms with Crippen molar-refractivity contribution in [3.8, 4) is 0 Å². The zero-order valence-electron chi connectivity index (χ0n) is 10.3. The first-order chi connectivity index (χ1) is 8.72. The molecule has 0 bridgehead atoms. The Morgan fingerprint density at radius 1 is 0.944 bits per heavy atom. The topological polar surface area (TPSA) is 0 Å². The second-order valence-electron chi connectivity index (χ2n) is 4.36. The molecule has 0 amide bonds. The Morgan fingerprint density at radius 3 is 2.06 bits per heavy atom. The molecule has 0 nitrogen and oxygen atoms in total. The lowest BCUT2D eigenvalue weighted by atomic mass is 9.87. The fourth-order valence-electron chi connectivity index (χ4n) is 2.18. The van der Waals surface area contributed by atoms with Crippen LogP contribution in [0.25, 0.3) is 0 Å². The second kappa shape index (κ2) is 6.01. The summed E-state index contributed by atoms with van der Waals surface area (Å²) in [7, 11) is 0. The summed E-state index contributed by atoms with van der Waals surface area (Å²) < 4.78 is 13.0. The van der Waals surface area contributed by atoms with E-state index in [0.717, 1.165) is 12.0 Å². The Morgan fingerprint density at radius 2 is 1.50 bits per heavy atom. The first kappa shape index (κ1) is 13.1. The van der Waals surface area contributed by atoms with Crippen LogP contribution < -0.4 is 0 Å². The maximum Gasteiger partial charge on any atom is 0.123 e. The molecule has 0 fully saturated rings. The molecule has 0 aromatic heterocycles. The summed E-state index contributed by atoms with van der Waals surface area (Å²) in [6.45, 7) is 2.07. The minimum Gasteiger partial charge on any atom is -0.207 e. The fraction of sp³-hybridized carbons (Fsp3) is 0.250. The molecule has 0 saturated heterocycles. The molecule has 2 atom stereocenters. The molecule has 0 aliphatic rings. The highest BCUT2D eigenvalue weighted by Crippen LogP contribution is 2.32. The van der Waals surface area contributed by atoms with Gasteiger partial charge in [-0.2, -0.15) is 0 Å². The zero-order valence-corrected chi connectivity index (χ0v) is 11.1. The predicted octanol–water partition coefficient (Wildman–Crippen LogP) is 4.98. The summed E-state index contributed by atoms with van der Waals surface area (Å²) in [6.07, 6.45) is 0.874. The predicted molar refractivity (Wildman–Crippen MR) is 74.6 cm³/mol. The van der Waals surface area contributed by atoms with E-state index in [0.29, 0.717) is 0 Å². The quantitative estimate of drug-likeness (QED) is 0.682. The van der Waals surface area contributed by atoms with E-state index in [1.807, 2.05) is 30.3 Å². The van der Waals surface area contributed by atoms with Gasteiger partial charge in [-0.25, -0.2) is 4.39 Å². The van der Waals surface area contributed by atoms with E-state index in [-0.39, 0.29) is 17.1 Å². The molecular weight excluding hydrogens is 247 g/mol. The lowest BCUT2D eigenvalue weighted by Crippen LogP contribution is -2.13. The van der Waals surface area contributed by atoms with Crippen LogP contribution in [0.15, 0.2) is 54.6 Å². The fourth-order valence-corrected chi connectivity index (χ4v) is 2.47. The number of alkyl halides is 1. The molecule has 0 aliphatic heterocycles. The van der Waals surface area contributed by atoms with Crippen molar-refractivity contribution < 1.29 is 4.39 Å². The third kappa shape index (κ3) is 2.91. The highest BCUT2D eigenvalue weighted by molar-refractivity contribution is 6.21. The second-order valence-corrected chi connectivity index (χ2v) is 4.92. The van der Waals surface area contributed by atoms with Gasteiger partial charge in [0.1, 0.15) is 5.82 Å². The van der Waals surface area contributed by atoms with Crippen LogP contribution >= 0.6 is 11.6 Å². The number of hydrogen-bond donors (Lipinski definition) is 0. The molecule has 0 spiro atoms. The van der Waals surface area contributed by atoms with Crippen LogP contribution in [-0.4, -0.2) is 5.38 Å². The average Bonchev–Trinajstić information content (AvgIpc) is 2.42. The number of halogens is 2. The first-order valence-corrected chi connectivity index (χ1v) is 6.60. The van der Waals surface area contributed by atoms with Gasteiger partial charge in [0, 0.05) is 11.3 Å². The Balaban J connectivity index is 2.40. The third-order valence-electron chi connectivity index (χ3n) is 3.14. The molecule has 2 unspecified atom stereocenters. The van der Waals surface area contributed by atoms with Crippen LogP contribution in [0.2, 0.25) is 0 Å². The van der Waals surface area contributed by atoms with E-state index < -0.39 is 0 Å². The Kier molecular flexibility index (Phi) is 4.38. The molecule has 0 N–H and O–H groups in total. The number of rotatable bonds is 4. The van der Waals surface area contributed by atoms with Gasteiger partial charge < -0.3 is 0 Å². The van der Waals surface area contributed by atoms with Gasteiger partial charge in [0.2, 0.25) is 0 Å². The van der Waals surface area contributed by atoms with Crippen LogP contribution in [0.4, 0.5) is 4.39 Å². The minimum absolute atomic E-state index is 0.0119. The van der Waals surface area contributed by atoms with Crippen molar-refractivity contribution in [3.05, 3.63) is 71.5 Å². The summed E-state index contributed by atoms with van der Waals surface area (Å²) in [5.41, 5.74) is 2.23. The van der Waals surface area contributed by atoms with Gasteiger partial charge in [0.05, 0.1) is 0 Å². The zero-order chi connectivity index (χ0) is 13.0. The van der Waals surface area contributed by atoms with Crippen molar-refractivity contribution in [2.75, 3.05) is 0 Å². The maximum atomic E-state index is 13.0. The average molecular weight is 263 g/mol. The van der Waals surface area contributed by atoms with E-state index in [4.69, 9.17) is 11.6 Å². The van der Waals surface area contributed by atoms with E-state index >= 15 is 0 Å². The Bertz CT molecular complexity index is 478. The monoisotopic (exact) mass is 262 g/mol. The molecule has 2 aromatic rings. The summed E-state index contributed by atoms with van der Waals surface area (Å²) in [5, 5.41) is 0.0119. The summed E-state index contributed by atoms with van der Waals surface area (Å²) in [5.74, 6) is -0.105. The Labute approximate surface area is 112 Å². The van der Waals surface area contributed by atoms with Gasteiger partial charge in [-0.05, 0) is 29.7 Å². The summed E-state index contributed by atoms with van der Waals surface area (Å²) in [4.78, 5) is 0. The molecule has 0 radical (unpaired) electrons. The van der Waals surface area contributed by atoms with Gasteiger partial charge in [-0.1, -0.05) is 49.4 Å². The third-order valence-corrected chi connectivity index (χ3v) is 3.70. The number of benzene rings is 2. The molecule has 0 aliphatic carbocycles. The highest BCUT2D eigenvalue weighted by Gasteiger charge is 2.21. The molecule has 0 saturated carbocycles. The molecule has 18 heavy (non-hydrogen) atoms. The Hall–Kier alpha value is -1.34. The van der Waals surface area contributed by atoms with Crippen molar-refractivity contribution in [1.29, 1.82) is 0 Å². The van der Waals surface area contributed by atoms with Crippen molar-refractivity contribution in [1.82, 2.24) is 0 Å². The van der Waals surface area contributed by atoms with E-state index in [1.54, 1.807) is 0 Å². The normalized spacial score (nSPS) is 14.2. The lowest BCUT2D eigenvalue weighted by molar-refractivity contribution is 0.624. The standard InChI is InChI=1S/C16H16ClF/c1-2-15(17)16(12-6-4-3-5-7-12)13-8-10-14(18)11-9-13/h3-11,15-16H,2H2,1H3. The molecule has 2 rings (SSSR count).